The molecule has 1 aliphatic rings. The van der Waals surface area contributed by atoms with Crippen molar-refractivity contribution in [3.8, 4) is 0 Å². The lowest BCUT2D eigenvalue weighted by atomic mass is 10.1. The molecule has 0 atom stereocenters. The third kappa shape index (κ3) is 3.62. The second-order valence-corrected chi connectivity index (χ2v) is 7.14. The van der Waals surface area contributed by atoms with Crippen LogP contribution in [0.5, 0.6) is 0 Å². The van der Waals surface area contributed by atoms with Crippen molar-refractivity contribution in [2.75, 3.05) is 0 Å². The zero-order valence-corrected chi connectivity index (χ0v) is 12.8. The summed E-state index contributed by atoms with van der Waals surface area (Å²) in [6.07, 6.45) is 8.00. The first-order valence-electron chi connectivity index (χ1n) is 7.39. The van der Waals surface area contributed by atoms with Crippen molar-refractivity contribution in [3.05, 3.63) is 18.0 Å². The lowest BCUT2D eigenvalue weighted by Crippen LogP contribution is -2.34. The average molecular weight is 300 g/mol. The van der Waals surface area contributed by atoms with Crippen LogP contribution >= 0.6 is 0 Å². The topological polar surface area (TPSA) is 71.3 Å². The predicted molar refractivity (Wildman–Crippen MR) is 77.8 cm³/mol. The molecule has 0 aliphatic heterocycles. The predicted octanol–water partition coefficient (Wildman–Crippen LogP) is 2.00. The van der Waals surface area contributed by atoms with Crippen LogP contribution in [0.1, 0.15) is 51.1 Å². The summed E-state index contributed by atoms with van der Waals surface area (Å²) >= 11 is 0. The Labute approximate surface area is 121 Å². The van der Waals surface area contributed by atoms with E-state index in [1.807, 2.05) is 6.92 Å². The Kier molecular flexibility index (Phi) is 5.23. The van der Waals surface area contributed by atoms with E-state index in [2.05, 4.69) is 4.72 Å². The molecule has 1 aromatic heterocycles. The standard InChI is InChI=1S/C14H24N2O3S/c1-2-16-10-14(9-13(16)11-17)20(18,19)15-12-7-5-3-4-6-8-12/h9-10,12,15,17H,2-8,11H2,1H3. The van der Waals surface area contributed by atoms with Crippen LogP contribution in [-0.4, -0.2) is 24.1 Å². The quantitative estimate of drug-likeness (QED) is 0.817. The van der Waals surface area contributed by atoms with E-state index < -0.39 is 10.0 Å². The second kappa shape index (κ2) is 6.74. The Morgan fingerprint density at radius 3 is 2.45 bits per heavy atom. The van der Waals surface area contributed by atoms with Crippen LogP contribution in [0, 0.1) is 0 Å². The zero-order valence-electron chi connectivity index (χ0n) is 12.0. The minimum absolute atomic E-state index is 0.0463. The molecule has 1 saturated carbocycles. The Morgan fingerprint density at radius 1 is 1.30 bits per heavy atom. The van der Waals surface area contributed by atoms with Gasteiger partial charge in [-0.15, -0.1) is 0 Å². The Morgan fingerprint density at radius 2 is 1.95 bits per heavy atom. The number of rotatable bonds is 5. The van der Waals surface area contributed by atoms with Crippen LogP contribution in [0.15, 0.2) is 17.2 Å². The maximum Gasteiger partial charge on any atom is 0.242 e. The molecular weight excluding hydrogens is 276 g/mol. The maximum atomic E-state index is 12.4. The van der Waals surface area contributed by atoms with Gasteiger partial charge in [-0.3, -0.25) is 0 Å². The lowest BCUT2D eigenvalue weighted by molar-refractivity contribution is 0.271. The fourth-order valence-electron chi connectivity index (χ4n) is 2.78. The number of aliphatic hydroxyl groups excluding tert-OH is 1. The Hall–Kier alpha value is -0.850. The van der Waals surface area contributed by atoms with Crippen LogP contribution in [-0.2, 0) is 23.2 Å². The van der Waals surface area contributed by atoms with Crippen LogP contribution < -0.4 is 4.72 Å². The van der Waals surface area contributed by atoms with Crippen molar-refractivity contribution in [2.45, 2.75) is 69.5 Å². The average Bonchev–Trinajstić information content (AvgIpc) is 2.71. The molecule has 5 nitrogen and oxygen atoms in total. The first-order chi connectivity index (χ1) is 9.56. The molecule has 1 aliphatic carbocycles. The fourth-order valence-corrected chi connectivity index (χ4v) is 4.15. The van der Waals surface area contributed by atoms with Crippen LogP contribution in [0.4, 0.5) is 0 Å². The van der Waals surface area contributed by atoms with Gasteiger partial charge in [0, 0.05) is 24.5 Å². The summed E-state index contributed by atoms with van der Waals surface area (Å²) in [5.41, 5.74) is 0.633. The summed E-state index contributed by atoms with van der Waals surface area (Å²) < 4.78 is 29.4. The van der Waals surface area contributed by atoms with Crippen molar-refractivity contribution in [2.24, 2.45) is 0 Å². The van der Waals surface area contributed by atoms with E-state index in [4.69, 9.17) is 0 Å². The van der Waals surface area contributed by atoms with Crippen molar-refractivity contribution >= 4 is 10.0 Å². The molecule has 1 heterocycles. The minimum atomic E-state index is -3.48. The van der Waals surface area contributed by atoms with Crippen molar-refractivity contribution in [3.63, 3.8) is 0 Å². The summed E-state index contributed by atoms with van der Waals surface area (Å²) in [4.78, 5) is 0.257. The summed E-state index contributed by atoms with van der Waals surface area (Å²) in [6, 6.07) is 1.60. The number of aromatic nitrogens is 1. The molecule has 0 saturated heterocycles. The van der Waals surface area contributed by atoms with Gasteiger partial charge < -0.3 is 9.67 Å². The van der Waals surface area contributed by atoms with Crippen LogP contribution in [0.2, 0.25) is 0 Å². The molecule has 2 N–H and O–H groups in total. The zero-order chi connectivity index (χ0) is 14.6. The first kappa shape index (κ1) is 15.5. The maximum absolute atomic E-state index is 12.4. The van der Waals surface area contributed by atoms with E-state index in [1.165, 1.54) is 12.8 Å². The van der Waals surface area contributed by atoms with Gasteiger partial charge in [0.05, 0.1) is 11.5 Å². The number of nitrogens with zero attached hydrogens (tertiary/aromatic N) is 1. The van der Waals surface area contributed by atoms with Gasteiger partial charge in [-0.2, -0.15) is 0 Å². The van der Waals surface area contributed by atoms with E-state index in [9.17, 15) is 13.5 Å². The summed E-state index contributed by atoms with van der Waals surface area (Å²) in [7, 11) is -3.48. The van der Waals surface area contributed by atoms with Gasteiger partial charge in [-0.25, -0.2) is 13.1 Å². The molecule has 0 radical (unpaired) electrons. The third-order valence-corrected chi connectivity index (χ3v) is 5.44. The molecule has 6 heteroatoms. The van der Waals surface area contributed by atoms with E-state index in [1.54, 1.807) is 16.8 Å². The number of hydrogen-bond acceptors (Lipinski definition) is 3. The lowest BCUT2D eigenvalue weighted by Gasteiger charge is -2.15. The molecule has 0 bridgehead atoms. The highest BCUT2D eigenvalue weighted by atomic mass is 32.2. The monoisotopic (exact) mass is 300 g/mol. The van der Waals surface area contributed by atoms with Gasteiger partial charge in [-0.05, 0) is 25.8 Å². The van der Waals surface area contributed by atoms with Gasteiger partial charge in [-0.1, -0.05) is 25.7 Å². The molecule has 1 aromatic rings. The molecular formula is C14H24N2O3S. The van der Waals surface area contributed by atoms with Gasteiger partial charge in [0.2, 0.25) is 10.0 Å². The van der Waals surface area contributed by atoms with Gasteiger partial charge in [0.1, 0.15) is 0 Å². The smallest absolute Gasteiger partial charge is 0.242 e. The summed E-state index contributed by atoms with van der Waals surface area (Å²) in [5, 5.41) is 9.25. The molecule has 0 spiro atoms. The second-order valence-electron chi connectivity index (χ2n) is 5.42. The van der Waals surface area contributed by atoms with Crippen LogP contribution in [0.3, 0.4) is 0 Å². The van der Waals surface area contributed by atoms with E-state index in [-0.39, 0.29) is 17.5 Å². The molecule has 0 aromatic carbocycles. The first-order valence-corrected chi connectivity index (χ1v) is 8.87. The molecule has 0 unspecified atom stereocenters. The van der Waals surface area contributed by atoms with Crippen molar-refractivity contribution in [1.29, 1.82) is 0 Å². The Bertz CT molecular complexity index is 507. The van der Waals surface area contributed by atoms with Gasteiger partial charge in [0.15, 0.2) is 0 Å². The number of aryl methyl sites for hydroxylation is 1. The van der Waals surface area contributed by atoms with E-state index >= 15 is 0 Å². The number of hydrogen-bond donors (Lipinski definition) is 2. The highest BCUT2D eigenvalue weighted by molar-refractivity contribution is 7.89. The molecule has 114 valence electrons. The van der Waals surface area contributed by atoms with Gasteiger partial charge >= 0.3 is 0 Å². The van der Waals surface area contributed by atoms with E-state index in [0.717, 1.165) is 25.7 Å². The van der Waals surface area contributed by atoms with Gasteiger partial charge in [0.25, 0.3) is 0 Å². The molecule has 1 fully saturated rings. The fraction of sp³-hybridized carbons (Fsp3) is 0.714. The molecule has 20 heavy (non-hydrogen) atoms. The minimum Gasteiger partial charge on any atom is -0.390 e. The number of sulfonamides is 1. The SMILES string of the molecule is CCn1cc(S(=O)(=O)NC2CCCCCC2)cc1CO. The Balaban J connectivity index is 2.14. The summed E-state index contributed by atoms with van der Waals surface area (Å²) in [5.74, 6) is 0. The van der Waals surface area contributed by atoms with Crippen LogP contribution in [0.25, 0.3) is 0 Å². The number of aliphatic hydroxyl groups is 1. The van der Waals surface area contributed by atoms with Crippen molar-refractivity contribution < 1.29 is 13.5 Å². The highest BCUT2D eigenvalue weighted by Crippen LogP contribution is 2.20. The molecule has 2 rings (SSSR count). The highest BCUT2D eigenvalue weighted by Gasteiger charge is 2.23. The third-order valence-electron chi connectivity index (χ3n) is 3.95. The molecule has 0 amide bonds. The summed E-state index contributed by atoms with van der Waals surface area (Å²) in [6.45, 7) is 2.43. The largest absolute Gasteiger partial charge is 0.390 e. The van der Waals surface area contributed by atoms with E-state index in [0.29, 0.717) is 12.2 Å². The normalized spacial score (nSPS) is 18.1. The van der Waals surface area contributed by atoms with Crippen molar-refractivity contribution in [1.82, 2.24) is 9.29 Å². The number of nitrogens with one attached hydrogen (secondary N) is 1.